The third-order valence-corrected chi connectivity index (χ3v) is 4.50. The van der Waals surface area contributed by atoms with Crippen molar-refractivity contribution in [2.24, 2.45) is 0 Å². The van der Waals surface area contributed by atoms with Crippen LogP contribution >= 0.6 is 0 Å². The second-order valence-electron chi connectivity index (χ2n) is 6.90. The van der Waals surface area contributed by atoms with Crippen LogP contribution in [0.2, 0.25) is 0 Å². The number of nitrogens with one attached hydrogen (secondary N) is 1. The van der Waals surface area contributed by atoms with Crippen molar-refractivity contribution in [3.05, 3.63) is 46.8 Å². The van der Waals surface area contributed by atoms with Gasteiger partial charge in [0.1, 0.15) is 5.76 Å². The lowest BCUT2D eigenvalue weighted by atomic mass is 9.85. The number of aliphatic carboxylic acids is 1. The number of carboxylic acid groups (broad SMARTS) is 1. The second kappa shape index (κ2) is 7.09. The molecule has 2 rings (SSSR count). The summed E-state index contributed by atoms with van der Waals surface area (Å²) in [5.74, 6) is -0.273. The molecule has 0 spiro atoms. The van der Waals surface area contributed by atoms with Crippen LogP contribution in [-0.2, 0) is 15.0 Å². The minimum Gasteiger partial charge on any atom is -0.481 e. The van der Waals surface area contributed by atoms with Crippen LogP contribution in [0, 0.1) is 13.8 Å². The van der Waals surface area contributed by atoms with Gasteiger partial charge < -0.3 is 14.9 Å². The summed E-state index contributed by atoms with van der Waals surface area (Å²) in [6, 6.07) is 6.89. The summed E-state index contributed by atoms with van der Waals surface area (Å²) < 4.78 is 5.15. The number of rotatable bonds is 6. The summed E-state index contributed by atoms with van der Waals surface area (Å²) in [5, 5.41) is 16.0. The van der Waals surface area contributed by atoms with E-state index in [0.29, 0.717) is 17.7 Å². The van der Waals surface area contributed by atoms with Crippen molar-refractivity contribution < 1.29 is 19.2 Å². The van der Waals surface area contributed by atoms with Crippen molar-refractivity contribution in [2.75, 3.05) is 5.32 Å². The summed E-state index contributed by atoms with van der Waals surface area (Å²) in [6.45, 7) is 8.96. The van der Waals surface area contributed by atoms with Crippen molar-refractivity contribution >= 4 is 17.6 Å². The van der Waals surface area contributed by atoms with Gasteiger partial charge in [-0.3, -0.25) is 9.59 Å². The summed E-state index contributed by atoms with van der Waals surface area (Å²) >= 11 is 0. The van der Waals surface area contributed by atoms with E-state index in [4.69, 9.17) is 4.52 Å². The lowest BCUT2D eigenvalue weighted by molar-refractivity contribution is -0.142. The van der Waals surface area contributed by atoms with Crippen molar-refractivity contribution in [3.8, 4) is 0 Å². The zero-order valence-electron chi connectivity index (χ0n) is 15.2. The number of amides is 1. The molecule has 1 atom stereocenters. The van der Waals surface area contributed by atoms with E-state index < -0.39 is 11.4 Å². The Morgan fingerprint density at radius 1 is 1.24 bits per heavy atom. The Kier molecular flexibility index (Phi) is 5.30. The third-order valence-electron chi connectivity index (χ3n) is 4.50. The van der Waals surface area contributed by atoms with Crippen molar-refractivity contribution in [1.82, 2.24) is 5.16 Å². The Morgan fingerprint density at radius 2 is 1.84 bits per heavy atom. The van der Waals surface area contributed by atoms with Crippen LogP contribution in [0.5, 0.6) is 0 Å². The van der Waals surface area contributed by atoms with E-state index in [1.54, 1.807) is 38.1 Å². The van der Waals surface area contributed by atoms with Gasteiger partial charge in [-0.2, -0.15) is 0 Å². The molecule has 1 aromatic heterocycles. The summed E-state index contributed by atoms with van der Waals surface area (Å²) in [4.78, 5) is 23.6. The van der Waals surface area contributed by atoms with Gasteiger partial charge in [-0.15, -0.1) is 0 Å². The maximum atomic E-state index is 12.3. The molecule has 134 valence electrons. The van der Waals surface area contributed by atoms with Gasteiger partial charge in [0.15, 0.2) is 0 Å². The van der Waals surface area contributed by atoms with E-state index in [-0.39, 0.29) is 11.8 Å². The van der Waals surface area contributed by atoms with Crippen LogP contribution < -0.4 is 5.32 Å². The minimum atomic E-state index is -0.972. The Morgan fingerprint density at radius 3 is 2.32 bits per heavy atom. The number of benzene rings is 1. The molecule has 1 amide bonds. The monoisotopic (exact) mass is 344 g/mol. The SMILES string of the molecule is Cc1noc(C)c1C(C)CC(=O)Nc1ccc(C(C)(C)C(=O)O)cc1. The summed E-state index contributed by atoms with van der Waals surface area (Å²) in [5.41, 5.74) is 2.12. The largest absolute Gasteiger partial charge is 0.481 e. The molecule has 0 fully saturated rings. The third kappa shape index (κ3) is 4.07. The van der Waals surface area contributed by atoms with Crippen LogP contribution in [0.3, 0.4) is 0 Å². The van der Waals surface area contributed by atoms with Gasteiger partial charge in [-0.1, -0.05) is 24.2 Å². The predicted octanol–water partition coefficient (Wildman–Crippen LogP) is 3.79. The highest BCUT2D eigenvalue weighted by atomic mass is 16.5. The van der Waals surface area contributed by atoms with E-state index in [9.17, 15) is 14.7 Å². The molecule has 0 saturated heterocycles. The Hall–Kier alpha value is -2.63. The normalized spacial score (nSPS) is 12.7. The molecule has 0 bridgehead atoms. The van der Waals surface area contributed by atoms with Crippen LogP contribution in [0.25, 0.3) is 0 Å². The van der Waals surface area contributed by atoms with Crippen molar-refractivity contribution in [1.29, 1.82) is 0 Å². The number of hydrogen-bond donors (Lipinski definition) is 2. The molecule has 6 nitrogen and oxygen atoms in total. The number of anilines is 1. The maximum absolute atomic E-state index is 12.3. The molecule has 25 heavy (non-hydrogen) atoms. The first-order valence-electron chi connectivity index (χ1n) is 8.19. The number of carbonyl (C=O) groups excluding carboxylic acids is 1. The first kappa shape index (κ1) is 18.7. The molecule has 2 aromatic rings. The van der Waals surface area contributed by atoms with Gasteiger partial charge in [-0.25, -0.2) is 0 Å². The molecule has 2 N–H and O–H groups in total. The lowest BCUT2D eigenvalue weighted by Crippen LogP contribution is -2.28. The smallest absolute Gasteiger partial charge is 0.313 e. The van der Waals surface area contributed by atoms with Gasteiger partial charge in [0.25, 0.3) is 0 Å². The van der Waals surface area contributed by atoms with Crippen LogP contribution in [0.15, 0.2) is 28.8 Å². The number of aryl methyl sites for hydroxylation is 2. The van der Waals surface area contributed by atoms with E-state index in [1.807, 2.05) is 20.8 Å². The number of nitrogens with zero attached hydrogens (tertiary/aromatic N) is 1. The van der Waals surface area contributed by atoms with Gasteiger partial charge in [-0.05, 0) is 51.3 Å². The van der Waals surface area contributed by atoms with Crippen molar-refractivity contribution in [3.63, 3.8) is 0 Å². The fourth-order valence-corrected chi connectivity index (χ4v) is 2.88. The number of aromatic nitrogens is 1. The average molecular weight is 344 g/mol. The van der Waals surface area contributed by atoms with Crippen LogP contribution in [-0.4, -0.2) is 22.1 Å². The molecule has 6 heteroatoms. The maximum Gasteiger partial charge on any atom is 0.313 e. The zero-order chi connectivity index (χ0) is 18.8. The molecular weight excluding hydrogens is 320 g/mol. The summed E-state index contributed by atoms with van der Waals surface area (Å²) in [7, 11) is 0. The molecule has 0 aliphatic rings. The molecule has 1 aromatic carbocycles. The van der Waals surface area contributed by atoms with E-state index in [1.165, 1.54) is 0 Å². The van der Waals surface area contributed by atoms with Gasteiger partial charge in [0.2, 0.25) is 5.91 Å². The van der Waals surface area contributed by atoms with E-state index >= 15 is 0 Å². The standard InChI is InChI=1S/C19H24N2O4/c1-11(17-12(2)21-25-13(17)3)10-16(22)20-15-8-6-14(7-9-15)19(4,5)18(23)24/h6-9,11H,10H2,1-5H3,(H,20,22)(H,23,24). The van der Waals surface area contributed by atoms with Gasteiger partial charge in [0, 0.05) is 17.7 Å². The fourth-order valence-electron chi connectivity index (χ4n) is 2.88. The Balaban J connectivity index is 2.03. The molecule has 1 heterocycles. The Bertz CT molecular complexity index is 756. The first-order valence-corrected chi connectivity index (χ1v) is 8.19. The van der Waals surface area contributed by atoms with Gasteiger partial charge in [0.05, 0.1) is 11.1 Å². The number of hydrogen-bond acceptors (Lipinski definition) is 4. The highest BCUT2D eigenvalue weighted by molar-refractivity contribution is 5.91. The molecule has 0 aliphatic heterocycles. The quantitative estimate of drug-likeness (QED) is 0.832. The molecule has 0 radical (unpaired) electrons. The predicted molar refractivity (Wildman–Crippen MR) is 94.7 cm³/mol. The highest BCUT2D eigenvalue weighted by Gasteiger charge is 2.29. The van der Waals surface area contributed by atoms with E-state index in [0.717, 1.165) is 17.0 Å². The Labute approximate surface area is 147 Å². The van der Waals surface area contributed by atoms with E-state index in [2.05, 4.69) is 10.5 Å². The van der Waals surface area contributed by atoms with Gasteiger partial charge >= 0.3 is 5.97 Å². The topological polar surface area (TPSA) is 92.4 Å². The molecule has 1 unspecified atom stereocenters. The average Bonchev–Trinajstić information content (AvgIpc) is 2.86. The second-order valence-corrected chi connectivity index (χ2v) is 6.90. The van der Waals surface area contributed by atoms with Crippen molar-refractivity contribution in [2.45, 2.75) is 52.4 Å². The number of carbonyl (C=O) groups is 2. The molecular formula is C19H24N2O4. The number of carboxylic acids is 1. The van der Waals surface area contributed by atoms with Crippen LogP contribution in [0.4, 0.5) is 5.69 Å². The minimum absolute atomic E-state index is 0.00327. The lowest BCUT2D eigenvalue weighted by Gasteiger charge is -2.20. The summed E-state index contributed by atoms with van der Waals surface area (Å²) in [6.07, 6.45) is 0.311. The molecule has 0 saturated carbocycles. The fraction of sp³-hybridized carbons (Fsp3) is 0.421. The molecule has 0 aliphatic carbocycles. The highest BCUT2D eigenvalue weighted by Crippen LogP contribution is 2.27. The zero-order valence-corrected chi connectivity index (χ0v) is 15.2. The van der Waals surface area contributed by atoms with Crippen LogP contribution in [0.1, 0.15) is 55.7 Å². The first-order chi connectivity index (χ1) is 11.6.